The van der Waals surface area contributed by atoms with Gasteiger partial charge >= 0.3 is 0 Å². The van der Waals surface area contributed by atoms with Gasteiger partial charge < -0.3 is 4.84 Å². The second-order valence-corrected chi connectivity index (χ2v) is 3.24. The van der Waals surface area contributed by atoms with Crippen LogP contribution in [0.15, 0.2) is 18.2 Å². The molecule has 2 nitrogen and oxygen atoms in total. The number of hydrogen-bond donors (Lipinski definition) is 1. The zero-order valence-electron chi connectivity index (χ0n) is 7.93. The Kier molecular flexibility index (Phi) is 4.22. The molecule has 0 amide bonds. The van der Waals surface area contributed by atoms with Gasteiger partial charge in [-0.25, -0.2) is 0 Å². The first-order valence-corrected chi connectivity index (χ1v) is 4.71. The lowest BCUT2D eigenvalue weighted by molar-refractivity contribution is 0.0463. The molecule has 1 aromatic carbocycles. The summed E-state index contributed by atoms with van der Waals surface area (Å²) in [4.78, 5) is 5.02. The van der Waals surface area contributed by atoms with Gasteiger partial charge in [0.05, 0.1) is 6.61 Å². The molecule has 0 atom stereocenters. The molecular formula is C10H14ClNO. The highest BCUT2D eigenvalue weighted by Gasteiger charge is 1.96. The minimum Gasteiger partial charge on any atom is -0.302 e. The van der Waals surface area contributed by atoms with Gasteiger partial charge in [0.1, 0.15) is 0 Å². The molecule has 13 heavy (non-hydrogen) atoms. The van der Waals surface area contributed by atoms with E-state index in [4.69, 9.17) is 16.4 Å². The normalized spacial score (nSPS) is 10.4. The molecule has 0 heterocycles. The zero-order valence-corrected chi connectivity index (χ0v) is 8.69. The van der Waals surface area contributed by atoms with Crippen molar-refractivity contribution >= 4 is 11.6 Å². The Bertz CT molecular complexity index is 276. The molecule has 1 rings (SSSR count). The monoisotopic (exact) mass is 199 g/mol. The van der Waals surface area contributed by atoms with E-state index in [9.17, 15) is 0 Å². The van der Waals surface area contributed by atoms with E-state index in [0.29, 0.717) is 13.2 Å². The fourth-order valence-electron chi connectivity index (χ4n) is 1.05. The van der Waals surface area contributed by atoms with Crippen LogP contribution in [-0.4, -0.2) is 6.61 Å². The van der Waals surface area contributed by atoms with E-state index in [1.54, 1.807) is 0 Å². The van der Waals surface area contributed by atoms with Crippen LogP contribution in [0.25, 0.3) is 0 Å². The van der Waals surface area contributed by atoms with Crippen LogP contribution in [0.2, 0.25) is 5.02 Å². The summed E-state index contributed by atoms with van der Waals surface area (Å²) in [5.41, 5.74) is 5.13. The molecule has 0 aliphatic carbocycles. The summed E-state index contributed by atoms with van der Waals surface area (Å²) in [5.74, 6) is 0. The van der Waals surface area contributed by atoms with Gasteiger partial charge in [-0.3, -0.25) is 0 Å². The predicted octanol–water partition coefficient (Wildman–Crippen LogP) is 2.69. The summed E-state index contributed by atoms with van der Waals surface area (Å²) in [7, 11) is 0. The summed E-state index contributed by atoms with van der Waals surface area (Å²) in [5, 5.41) is 0.806. The Hall–Kier alpha value is -0.570. The minimum atomic E-state index is 0.673. The van der Waals surface area contributed by atoms with Gasteiger partial charge in [-0.2, -0.15) is 5.48 Å². The van der Waals surface area contributed by atoms with Crippen LogP contribution in [0.1, 0.15) is 18.1 Å². The van der Waals surface area contributed by atoms with Gasteiger partial charge in [0, 0.05) is 11.6 Å². The molecule has 0 spiro atoms. The Morgan fingerprint density at radius 2 is 2.23 bits per heavy atom. The van der Waals surface area contributed by atoms with Crippen molar-refractivity contribution in [1.29, 1.82) is 0 Å². The van der Waals surface area contributed by atoms with Gasteiger partial charge in [-0.15, -0.1) is 0 Å². The molecule has 0 saturated heterocycles. The third-order valence-electron chi connectivity index (χ3n) is 1.75. The van der Waals surface area contributed by atoms with E-state index in [1.165, 1.54) is 5.56 Å². The first-order chi connectivity index (χ1) is 6.24. The highest BCUT2D eigenvalue weighted by Crippen LogP contribution is 2.15. The van der Waals surface area contributed by atoms with Crippen molar-refractivity contribution in [3.05, 3.63) is 34.3 Å². The molecule has 1 N–H and O–H groups in total. The maximum absolute atomic E-state index is 5.89. The molecule has 0 aromatic heterocycles. The largest absolute Gasteiger partial charge is 0.302 e. The molecule has 0 saturated carbocycles. The number of nitrogens with one attached hydrogen (secondary N) is 1. The van der Waals surface area contributed by atoms with Crippen LogP contribution in [0.5, 0.6) is 0 Å². The van der Waals surface area contributed by atoms with Gasteiger partial charge in [0.25, 0.3) is 0 Å². The number of hydrogen-bond acceptors (Lipinski definition) is 2. The smallest absolute Gasteiger partial charge is 0.0654 e. The quantitative estimate of drug-likeness (QED) is 0.595. The second kappa shape index (κ2) is 5.22. The minimum absolute atomic E-state index is 0.673. The van der Waals surface area contributed by atoms with Crippen LogP contribution < -0.4 is 5.48 Å². The van der Waals surface area contributed by atoms with E-state index in [1.807, 2.05) is 32.0 Å². The summed E-state index contributed by atoms with van der Waals surface area (Å²) in [6.07, 6.45) is 0. The van der Waals surface area contributed by atoms with Crippen molar-refractivity contribution in [3.63, 3.8) is 0 Å². The average Bonchev–Trinajstić information content (AvgIpc) is 2.12. The molecule has 0 aliphatic heterocycles. The summed E-state index contributed by atoms with van der Waals surface area (Å²) in [6, 6.07) is 5.94. The highest BCUT2D eigenvalue weighted by atomic mass is 35.5. The van der Waals surface area contributed by atoms with Gasteiger partial charge in [-0.1, -0.05) is 23.7 Å². The third kappa shape index (κ3) is 3.35. The second-order valence-electron chi connectivity index (χ2n) is 2.84. The van der Waals surface area contributed by atoms with Crippen LogP contribution in [-0.2, 0) is 11.4 Å². The molecular weight excluding hydrogens is 186 g/mol. The lowest BCUT2D eigenvalue weighted by atomic mass is 10.1. The molecule has 0 aliphatic rings. The SMILES string of the molecule is CCONCc1ccc(Cl)c(C)c1. The Morgan fingerprint density at radius 1 is 1.46 bits per heavy atom. The van der Waals surface area contributed by atoms with Crippen LogP contribution in [0.4, 0.5) is 0 Å². The molecule has 3 heteroatoms. The predicted molar refractivity (Wildman–Crippen MR) is 54.7 cm³/mol. The fraction of sp³-hybridized carbons (Fsp3) is 0.400. The zero-order chi connectivity index (χ0) is 9.68. The average molecular weight is 200 g/mol. The standard InChI is InChI=1S/C10H14ClNO/c1-3-13-12-7-9-4-5-10(11)8(2)6-9/h4-6,12H,3,7H2,1-2H3. The molecule has 1 aromatic rings. The van der Waals surface area contributed by atoms with Crippen LogP contribution in [0, 0.1) is 6.92 Å². The highest BCUT2D eigenvalue weighted by molar-refractivity contribution is 6.31. The van der Waals surface area contributed by atoms with Crippen molar-refractivity contribution in [2.75, 3.05) is 6.61 Å². The molecule has 0 radical (unpaired) electrons. The van der Waals surface area contributed by atoms with Crippen molar-refractivity contribution < 1.29 is 4.84 Å². The van der Waals surface area contributed by atoms with Crippen molar-refractivity contribution in [2.45, 2.75) is 20.4 Å². The van der Waals surface area contributed by atoms with E-state index in [2.05, 4.69) is 5.48 Å². The molecule has 0 fully saturated rings. The number of rotatable bonds is 4. The van der Waals surface area contributed by atoms with Crippen molar-refractivity contribution in [2.24, 2.45) is 0 Å². The van der Waals surface area contributed by atoms with E-state index in [0.717, 1.165) is 10.6 Å². The Labute approximate surface area is 83.8 Å². The summed E-state index contributed by atoms with van der Waals surface area (Å²) >= 11 is 5.89. The van der Waals surface area contributed by atoms with Gasteiger partial charge in [0.15, 0.2) is 0 Å². The molecule has 0 bridgehead atoms. The number of benzene rings is 1. The Balaban J connectivity index is 2.53. The molecule has 0 unspecified atom stereocenters. The molecule has 72 valence electrons. The van der Waals surface area contributed by atoms with E-state index in [-0.39, 0.29) is 0 Å². The fourth-order valence-corrected chi connectivity index (χ4v) is 1.17. The first kappa shape index (κ1) is 10.5. The van der Waals surface area contributed by atoms with Crippen LogP contribution >= 0.6 is 11.6 Å². The maximum atomic E-state index is 5.89. The van der Waals surface area contributed by atoms with Crippen molar-refractivity contribution in [1.82, 2.24) is 5.48 Å². The Morgan fingerprint density at radius 3 is 2.85 bits per heavy atom. The first-order valence-electron chi connectivity index (χ1n) is 4.33. The van der Waals surface area contributed by atoms with Gasteiger partial charge in [-0.05, 0) is 31.0 Å². The van der Waals surface area contributed by atoms with Crippen LogP contribution in [0.3, 0.4) is 0 Å². The maximum Gasteiger partial charge on any atom is 0.0654 e. The number of hydroxylamine groups is 1. The lowest BCUT2D eigenvalue weighted by Crippen LogP contribution is -2.13. The topological polar surface area (TPSA) is 21.3 Å². The van der Waals surface area contributed by atoms with E-state index >= 15 is 0 Å². The van der Waals surface area contributed by atoms with Crippen molar-refractivity contribution in [3.8, 4) is 0 Å². The van der Waals surface area contributed by atoms with E-state index < -0.39 is 0 Å². The lowest BCUT2D eigenvalue weighted by Gasteiger charge is -2.05. The number of aryl methyl sites for hydroxylation is 1. The third-order valence-corrected chi connectivity index (χ3v) is 2.17. The number of halogens is 1. The summed E-state index contributed by atoms with van der Waals surface area (Å²) in [6.45, 7) is 5.32. The van der Waals surface area contributed by atoms with Gasteiger partial charge in [0.2, 0.25) is 0 Å². The summed E-state index contributed by atoms with van der Waals surface area (Å²) < 4.78 is 0.